The van der Waals surface area contributed by atoms with Crippen molar-refractivity contribution in [1.82, 2.24) is 5.32 Å². The largest absolute Gasteiger partial charge is 0.483 e. The molecule has 1 heterocycles. The highest BCUT2D eigenvalue weighted by atomic mass is 32.2. The van der Waals surface area contributed by atoms with E-state index in [1.54, 1.807) is 19.1 Å². The fraction of sp³-hybridized carbons (Fsp3) is 0.261. The zero-order valence-electron chi connectivity index (χ0n) is 17.2. The molecule has 1 atom stereocenters. The minimum absolute atomic E-state index is 0.230. The van der Waals surface area contributed by atoms with Crippen LogP contribution in [-0.2, 0) is 15.3 Å². The second-order valence-corrected chi connectivity index (χ2v) is 8.16. The van der Waals surface area contributed by atoms with Crippen molar-refractivity contribution in [3.05, 3.63) is 75.6 Å². The molecule has 2 N–H and O–H groups in total. The number of aryl methyl sites for hydroxylation is 2. The van der Waals surface area contributed by atoms with Crippen molar-refractivity contribution in [2.75, 3.05) is 12.4 Å². The first-order chi connectivity index (χ1) is 14.8. The number of hydrogen-bond donors (Lipinski definition) is 2. The van der Waals surface area contributed by atoms with E-state index in [2.05, 4.69) is 5.32 Å². The molecule has 3 rings (SSSR count). The summed E-state index contributed by atoms with van der Waals surface area (Å²) in [6, 6.07) is 13.5. The predicted octanol–water partition coefficient (Wildman–Crippen LogP) is 3.29. The minimum Gasteiger partial charge on any atom is -0.483 e. The predicted molar refractivity (Wildman–Crippen MR) is 120 cm³/mol. The average molecular weight is 442 g/mol. The second-order valence-electron chi connectivity index (χ2n) is 7.13. The molecule has 0 fully saturated rings. The molecule has 0 saturated carbocycles. The van der Waals surface area contributed by atoms with Crippen molar-refractivity contribution in [2.24, 2.45) is 0 Å². The highest BCUT2D eigenvalue weighted by molar-refractivity contribution is 7.98. The standard InChI is InChI=1S/C23H23NO6S/c1-14-8-18(22-15(2)10-21(26)30-19(22)9-14)29-11-20(25)24-17(23(27)28)13-31-12-16-6-4-3-5-7-16/h3-10,17H,11-13H2,1-2H3,(H,24,25)(H,27,28). The molecule has 0 saturated heterocycles. The molecule has 0 bridgehead atoms. The summed E-state index contributed by atoms with van der Waals surface area (Å²) in [5.74, 6) is -0.369. The number of nitrogens with one attached hydrogen (secondary N) is 1. The van der Waals surface area contributed by atoms with Crippen LogP contribution in [0.1, 0.15) is 16.7 Å². The average Bonchev–Trinajstić information content (AvgIpc) is 2.71. The van der Waals surface area contributed by atoms with Crippen molar-refractivity contribution < 1.29 is 23.8 Å². The summed E-state index contributed by atoms with van der Waals surface area (Å²) in [7, 11) is 0. The van der Waals surface area contributed by atoms with E-state index in [9.17, 15) is 19.5 Å². The maximum atomic E-state index is 12.3. The maximum absolute atomic E-state index is 12.3. The van der Waals surface area contributed by atoms with Crippen LogP contribution < -0.4 is 15.7 Å². The van der Waals surface area contributed by atoms with Gasteiger partial charge in [-0.3, -0.25) is 4.79 Å². The first-order valence-corrected chi connectivity index (χ1v) is 10.8. The Morgan fingerprint density at radius 2 is 1.90 bits per heavy atom. The van der Waals surface area contributed by atoms with Crippen LogP contribution in [0, 0.1) is 13.8 Å². The van der Waals surface area contributed by atoms with Crippen LogP contribution in [0.15, 0.2) is 57.7 Å². The van der Waals surface area contributed by atoms with E-state index in [4.69, 9.17) is 9.15 Å². The third kappa shape index (κ3) is 6.11. The van der Waals surface area contributed by atoms with Gasteiger partial charge >= 0.3 is 11.6 Å². The number of ether oxygens (including phenoxy) is 1. The van der Waals surface area contributed by atoms with Crippen LogP contribution in [0.5, 0.6) is 5.75 Å². The third-order valence-corrected chi connectivity index (χ3v) is 5.64. The van der Waals surface area contributed by atoms with E-state index in [1.165, 1.54) is 17.8 Å². The van der Waals surface area contributed by atoms with E-state index in [0.717, 1.165) is 11.1 Å². The number of aliphatic carboxylic acids is 1. The van der Waals surface area contributed by atoms with E-state index < -0.39 is 23.5 Å². The number of fused-ring (bicyclic) bond motifs is 1. The summed E-state index contributed by atoms with van der Waals surface area (Å²) < 4.78 is 10.9. The van der Waals surface area contributed by atoms with E-state index in [1.807, 2.05) is 37.3 Å². The Morgan fingerprint density at radius 3 is 2.61 bits per heavy atom. The number of rotatable bonds is 9. The van der Waals surface area contributed by atoms with Crippen LogP contribution in [0.2, 0.25) is 0 Å². The monoisotopic (exact) mass is 441 g/mol. The Kier molecular flexibility index (Phi) is 7.36. The Balaban J connectivity index is 1.62. The molecule has 1 aromatic heterocycles. The van der Waals surface area contributed by atoms with Crippen LogP contribution in [0.3, 0.4) is 0 Å². The van der Waals surface area contributed by atoms with Crippen LogP contribution >= 0.6 is 11.8 Å². The summed E-state index contributed by atoms with van der Waals surface area (Å²) in [5.41, 5.74) is 2.47. The van der Waals surface area contributed by atoms with Gasteiger partial charge in [0.1, 0.15) is 17.4 Å². The van der Waals surface area contributed by atoms with Gasteiger partial charge in [0, 0.05) is 17.6 Å². The summed E-state index contributed by atoms with van der Waals surface area (Å²) >= 11 is 1.43. The minimum atomic E-state index is -1.10. The van der Waals surface area contributed by atoms with E-state index in [-0.39, 0.29) is 12.4 Å². The quantitative estimate of drug-likeness (QED) is 0.491. The first-order valence-electron chi connectivity index (χ1n) is 9.65. The van der Waals surface area contributed by atoms with Gasteiger partial charge in [-0.15, -0.1) is 0 Å². The van der Waals surface area contributed by atoms with Crippen molar-refractivity contribution in [1.29, 1.82) is 0 Å². The number of hydrogen-bond acceptors (Lipinski definition) is 6. The second kappa shape index (κ2) is 10.2. The Morgan fingerprint density at radius 1 is 1.16 bits per heavy atom. The van der Waals surface area contributed by atoms with Gasteiger partial charge in [0.2, 0.25) is 0 Å². The molecule has 0 aliphatic rings. The molecule has 7 nitrogen and oxygen atoms in total. The normalized spacial score (nSPS) is 11.8. The van der Waals surface area contributed by atoms with Crippen molar-refractivity contribution in [3.63, 3.8) is 0 Å². The topological polar surface area (TPSA) is 106 Å². The molecular formula is C23H23NO6S. The van der Waals surface area contributed by atoms with Crippen molar-refractivity contribution >= 4 is 34.6 Å². The third-order valence-electron chi connectivity index (χ3n) is 4.54. The molecule has 1 unspecified atom stereocenters. The highest BCUT2D eigenvalue weighted by Gasteiger charge is 2.20. The van der Waals surface area contributed by atoms with Gasteiger partial charge in [0.25, 0.3) is 5.91 Å². The highest BCUT2D eigenvalue weighted by Crippen LogP contribution is 2.29. The molecule has 2 aromatic carbocycles. The van der Waals surface area contributed by atoms with Gasteiger partial charge in [-0.25, -0.2) is 9.59 Å². The number of amides is 1. The molecular weight excluding hydrogens is 418 g/mol. The summed E-state index contributed by atoms with van der Waals surface area (Å²) in [5, 5.41) is 12.5. The number of benzene rings is 2. The SMILES string of the molecule is Cc1cc(OCC(=O)NC(CSCc2ccccc2)C(=O)O)c2c(C)cc(=O)oc2c1. The molecule has 162 valence electrons. The fourth-order valence-corrected chi connectivity index (χ4v) is 4.12. The molecule has 0 radical (unpaired) electrons. The molecule has 3 aromatic rings. The lowest BCUT2D eigenvalue weighted by atomic mass is 10.1. The van der Waals surface area contributed by atoms with Gasteiger partial charge in [-0.1, -0.05) is 30.3 Å². The van der Waals surface area contributed by atoms with Crippen molar-refractivity contribution in [3.8, 4) is 5.75 Å². The van der Waals surface area contributed by atoms with Gasteiger partial charge in [-0.05, 0) is 42.7 Å². The zero-order valence-corrected chi connectivity index (χ0v) is 18.0. The van der Waals surface area contributed by atoms with E-state index in [0.29, 0.717) is 28.0 Å². The fourth-order valence-electron chi connectivity index (χ4n) is 3.11. The van der Waals surface area contributed by atoms with Crippen molar-refractivity contribution in [2.45, 2.75) is 25.6 Å². The number of carboxylic acid groups (broad SMARTS) is 1. The molecule has 31 heavy (non-hydrogen) atoms. The van der Waals surface area contributed by atoms with Crippen LogP contribution in [-0.4, -0.2) is 35.4 Å². The summed E-state index contributed by atoms with van der Waals surface area (Å²) in [6.07, 6.45) is 0. The first kappa shape index (κ1) is 22.4. The lowest BCUT2D eigenvalue weighted by Crippen LogP contribution is -2.44. The number of carboxylic acids is 1. The molecule has 0 spiro atoms. The van der Waals surface area contributed by atoms with Gasteiger partial charge in [0.05, 0.1) is 5.39 Å². The number of carbonyl (C=O) groups is 2. The van der Waals surface area contributed by atoms with E-state index >= 15 is 0 Å². The van der Waals surface area contributed by atoms with Crippen LogP contribution in [0.4, 0.5) is 0 Å². The lowest BCUT2D eigenvalue weighted by molar-refractivity contribution is -0.141. The Labute approximate surface area is 183 Å². The molecule has 1 amide bonds. The lowest BCUT2D eigenvalue weighted by Gasteiger charge is -2.15. The molecule has 0 aliphatic carbocycles. The summed E-state index contributed by atoms with van der Waals surface area (Å²) in [6.45, 7) is 3.22. The Hall–Kier alpha value is -3.26. The number of carbonyl (C=O) groups excluding carboxylic acids is 1. The molecule has 0 aliphatic heterocycles. The van der Waals surface area contributed by atoms with Gasteiger partial charge in [-0.2, -0.15) is 11.8 Å². The van der Waals surface area contributed by atoms with Gasteiger partial charge < -0.3 is 19.6 Å². The maximum Gasteiger partial charge on any atom is 0.336 e. The van der Waals surface area contributed by atoms with Gasteiger partial charge in [0.15, 0.2) is 6.61 Å². The summed E-state index contributed by atoms with van der Waals surface area (Å²) in [4.78, 5) is 35.5. The molecule has 8 heteroatoms. The zero-order chi connectivity index (χ0) is 22.4. The Bertz CT molecular complexity index is 1140. The smallest absolute Gasteiger partial charge is 0.336 e. The van der Waals surface area contributed by atoms with Crippen LogP contribution in [0.25, 0.3) is 11.0 Å². The number of thioether (sulfide) groups is 1.